The van der Waals surface area contributed by atoms with Gasteiger partial charge in [0, 0.05) is 10.9 Å². The van der Waals surface area contributed by atoms with Gasteiger partial charge in [0.05, 0.1) is 5.69 Å². The van der Waals surface area contributed by atoms with E-state index in [0.717, 1.165) is 22.4 Å². The van der Waals surface area contributed by atoms with Gasteiger partial charge >= 0.3 is 0 Å². The fraction of sp³-hybridized carbons (Fsp3) is 0.208. The van der Waals surface area contributed by atoms with Gasteiger partial charge in [0.1, 0.15) is 11.6 Å². The predicted octanol–water partition coefficient (Wildman–Crippen LogP) is 5.96. The molecule has 1 amide bonds. The molecule has 0 aliphatic rings. The van der Waals surface area contributed by atoms with E-state index in [1.165, 1.54) is 16.9 Å². The highest BCUT2D eigenvalue weighted by atomic mass is 32.1. The molecular weight excluding hydrogens is 378 g/mol. The first-order chi connectivity index (χ1) is 13.8. The Balaban J connectivity index is 1.74. The van der Waals surface area contributed by atoms with Crippen LogP contribution in [0.4, 0.5) is 5.13 Å². The standard InChI is InChI=1S/C24H23N3OS/c1-16-5-7-17(8-6-16)13-19(14-25)22(28)27-23-26-21(15-29-23)18-9-11-20(12-10-18)24(2,3)4/h5-13,15H,1-4H3,(H,26,27,28). The zero-order valence-corrected chi connectivity index (χ0v) is 17.8. The van der Waals surface area contributed by atoms with Gasteiger partial charge in [0.25, 0.3) is 5.91 Å². The molecule has 1 aromatic heterocycles. The van der Waals surface area contributed by atoms with Crippen LogP contribution in [0, 0.1) is 18.3 Å². The van der Waals surface area contributed by atoms with Crippen LogP contribution in [-0.2, 0) is 10.2 Å². The van der Waals surface area contributed by atoms with E-state index in [1.807, 2.05) is 54.8 Å². The van der Waals surface area contributed by atoms with Gasteiger partial charge in [-0.15, -0.1) is 11.3 Å². The second-order valence-corrected chi connectivity index (χ2v) is 8.76. The molecule has 3 rings (SSSR count). The fourth-order valence-corrected chi connectivity index (χ4v) is 3.46. The molecule has 29 heavy (non-hydrogen) atoms. The summed E-state index contributed by atoms with van der Waals surface area (Å²) in [4.78, 5) is 17.0. The molecule has 0 aliphatic carbocycles. The fourth-order valence-electron chi connectivity index (χ4n) is 2.75. The van der Waals surface area contributed by atoms with Crippen LogP contribution in [0.5, 0.6) is 0 Å². The number of rotatable bonds is 4. The van der Waals surface area contributed by atoms with Gasteiger partial charge in [-0.2, -0.15) is 5.26 Å². The highest BCUT2D eigenvalue weighted by molar-refractivity contribution is 7.14. The van der Waals surface area contributed by atoms with Gasteiger partial charge in [-0.3, -0.25) is 10.1 Å². The molecule has 0 unspecified atom stereocenters. The molecule has 4 nitrogen and oxygen atoms in total. The third kappa shape index (κ3) is 5.18. The number of carbonyl (C=O) groups excluding carboxylic acids is 1. The van der Waals surface area contributed by atoms with Crippen molar-refractivity contribution in [2.45, 2.75) is 33.1 Å². The minimum Gasteiger partial charge on any atom is -0.297 e. The molecule has 3 aromatic rings. The van der Waals surface area contributed by atoms with Crippen molar-refractivity contribution >= 4 is 28.5 Å². The maximum Gasteiger partial charge on any atom is 0.268 e. The minimum absolute atomic E-state index is 0.0418. The highest BCUT2D eigenvalue weighted by Crippen LogP contribution is 2.28. The lowest BCUT2D eigenvalue weighted by atomic mass is 9.86. The van der Waals surface area contributed by atoms with E-state index in [-0.39, 0.29) is 11.0 Å². The Bertz CT molecular complexity index is 1080. The molecule has 0 saturated carbocycles. The van der Waals surface area contributed by atoms with Gasteiger partial charge in [-0.1, -0.05) is 74.9 Å². The van der Waals surface area contributed by atoms with Gasteiger partial charge in [-0.25, -0.2) is 4.98 Å². The summed E-state index contributed by atoms with van der Waals surface area (Å²) in [5, 5.41) is 14.5. The average Bonchev–Trinajstić information content (AvgIpc) is 3.15. The van der Waals surface area contributed by atoms with Crippen LogP contribution in [-0.4, -0.2) is 10.9 Å². The van der Waals surface area contributed by atoms with Crippen molar-refractivity contribution in [3.8, 4) is 17.3 Å². The molecule has 0 aliphatic heterocycles. The van der Waals surface area contributed by atoms with Crippen molar-refractivity contribution in [2.75, 3.05) is 5.32 Å². The summed E-state index contributed by atoms with van der Waals surface area (Å²) < 4.78 is 0. The van der Waals surface area contributed by atoms with Crippen LogP contribution in [0.25, 0.3) is 17.3 Å². The van der Waals surface area contributed by atoms with Crippen molar-refractivity contribution in [3.63, 3.8) is 0 Å². The van der Waals surface area contributed by atoms with Crippen molar-refractivity contribution in [2.24, 2.45) is 0 Å². The number of nitriles is 1. The SMILES string of the molecule is Cc1ccc(C=C(C#N)C(=O)Nc2nc(-c3ccc(C(C)(C)C)cc3)cs2)cc1. The van der Waals surface area contributed by atoms with E-state index >= 15 is 0 Å². The zero-order valence-electron chi connectivity index (χ0n) is 17.0. The largest absolute Gasteiger partial charge is 0.297 e. The van der Waals surface area contributed by atoms with E-state index < -0.39 is 5.91 Å². The van der Waals surface area contributed by atoms with Gasteiger partial charge in [0.2, 0.25) is 0 Å². The van der Waals surface area contributed by atoms with E-state index in [1.54, 1.807) is 6.08 Å². The number of thiazole rings is 1. The lowest BCUT2D eigenvalue weighted by molar-refractivity contribution is -0.112. The first kappa shape index (κ1) is 20.5. The topological polar surface area (TPSA) is 65.8 Å². The number of hydrogen-bond donors (Lipinski definition) is 1. The summed E-state index contributed by atoms with van der Waals surface area (Å²) in [5.41, 5.74) is 5.11. The first-order valence-corrected chi connectivity index (χ1v) is 10.2. The normalized spacial score (nSPS) is 11.8. The maximum atomic E-state index is 12.5. The lowest BCUT2D eigenvalue weighted by Gasteiger charge is -2.18. The van der Waals surface area contributed by atoms with Crippen molar-refractivity contribution < 1.29 is 4.79 Å². The summed E-state index contributed by atoms with van der Waals surface area (Å²) in [6.45, 7) is 8.52. The molecule has 0 bridgehead atoms. The smallest absolute Gasteiger partial charge is 0.268 e. The van der Waals surface area contributed by atoms with E-state index in [9.17, 15) is 10.1 Å². The number of nitrogens with zero attached hydrogens (tertiary/aromatic N) is 2. The second kappa shape index (κ2) is 8.42. The molecule has 0 saturated heterocycles. The van der Waals surface area contributed by atoms with Gasteiger partial charge in [-0.05, 0) is 29.5 Å². The summed E-state index contributed by atoms with van der Waals surface area (Å²) in [6, 6.07) is 17.9. The third-order valence-electron chi connectivity index (χ3n) is 4.52. The molecule has 1 heterocycles. The van der Waals surface area contributed by atoms with Crippen LogP contribution in [0.2, 0.25) is 0 Å². The number of hydrogen-bond acceptors (Lipinski definition) is 4. The van der Waals surface area contributed by atoms with Crippen LogP contribution in [0.15, 0.2) is 59.5 Å². The summed E-state index contributed by atoms with van der Waals surface area (Å²) in [6.07, 6.45) is 1.58. The van der Waals surface area contributed by atoms with Crippen molar-refractivity contribution in [1.29, 1.82) is 5.26 Å². The van der Waals surface area contributed by atoms with Crippen molar-refractivity contribution in [1.82, 2.24) is 4.98 Å². The Morgan fingerprint density at radius 2 is 1.76 bits per heavy atom. The zero-order chi connectivity index (χ0) is 21.0. The Kier molecular flexibility index (Phi) is 5.95. The first-order valence-electron chi connectivity index (χ1n) is 9.32. The summed E-state index contributed by atoms with van der Waals surface area (Å²) in [5.74, 6) is -0.461. The quantitative estimate of drug-likeness (QED) is 0.433. The Hall–Kier alpha value is -3.23. The molecule has 0 radical (unpaired) electrons. The van der Waals surface area contributed by atoms with E-state index in [0.29, 0.717) is 5.13 Å². The molecule has 146 valence electrons. The van der Waals surface area contributed by atoms with Gasteiger partial charge < -0.3 is 0 Å². The van der Waals surface area contributed by atoms with E-state index in [2.05, 4.69) is 43.2 Å². The van der Waals surface area contributed by atoms with Gasteiger partial charge in [0.15, 0.2) is 5.13 Å². The molecule has 2 aromatic carbocycles. The number of anilines is 1. The molecule has 5 heteroatoms. The number of aryl methyl sites for hydroxylation is 1. The summed E-state index contributed by atoms with van der Waals surface area (Å²) >= 11 is 1.34. The number of aromatic nitrogens is 1. The second-order valence-electron chi connectivity index (χ2n) is 7.90. The third-order valence-corrected chi connectivity index (χ3v) is 5.28. The maximum absolute atomic E-state index is 12.5. The minimum atomic E-state index is -0.461. The molecule has 0 atom stereocenters. The molecule has 1 N–H and O–H groups in total. The highest BCUT2D eigenvalue weighted by Gasteiger charge is 2.15. The molecular formula is C24H23N3OS. The Labute approximate surface area is 175 Å². The number of amides is 1. The predicted molar refractivity (Wildman–Crippen MR) is 120 cm³/mol. The molecule has 0 fully saturated rings. The van der Waals surface area contributed by atoms with Crippen LogP contribution >= 0.6 is 11.3 Å². The van der Waals surface area contributed by atoms with Crippen molar-refractivity contribution in [3.05, 3.63) is 76.2 Å². The Morgan fingerprint density at radius 3 is 2.34 bits per heavy atom. The monoisotopic (exact) mass is 401 g/mol. The molecule has 0 spiro atoms. The average molecular weight is 402 g/mol. The lowest BCUT2D eigenvalue weighted by Crippen LogP contribution is -2.13. The van der Waals surface area contributed by atoms with Crippen LogP contribution in [0.1, 0.15) is 37.5 Å². The summed E-state index contributed by atoms with van der Waals surface area (Å²) in [7, 11) is 0. The number of carbonyl (C=O) groups is 1. The number of benzene rings is 2. The van der Waals surface area contributed by atoms with Crippen LogP contribution < -0.4 is 5.32 Å². The van der Waals surface area contributed by atoms with Crippen LogP contribution in [0.3, 0.4) is 0 Å². The van der Waals surface area contributed by atoms with E-state index in [4.69, 9.17) is 0 Å². The number of nitrogens with one attached hydrogen (secondary N) is 1. The Morgan fingerprint density at radius 1 is 1.10 bits per heavy atom.